The van der Waals surface area contributed by atoms with Crippen LogP contribution in [-0.4, -0.2) is 62.9 Å². The molecule has 6 rings (SSSR count). The maximum absolute atomic E-state index is 4.64. The fraction of sp³-hybridized carbons (Fsp3) is 0.240. The van der Waals surface area contributed by atoms with E-state index >= 15 is 0 Å². The van der Waals surface area contributed by atoms with E-state index in [-0.39, 0.29) is 0 Å². The van der Waals surface area contributed by atoms with Crippen LogP contribution in [0, 0.1) is 0 Å². The van der Waals surface area contributed by atoms with Gasteiger partial charge in [0.1, 0.15) is 11.5 Å². The second kappa shape index (κ2) is 7.90. The van der Waals surface area contributed by atoms with Crippen LogP contribution in [0.15, 0.2) is 61.2 Å². The third kappa shape index (κ3) is 3.78. The van der Waals surface area contributed by atoms with Crippen LogP contribution in [0.3, 0.4) is 0 Å². The second-order valence-electron chi connectivity index (χ2n) is 8.72. The van der Waals surface area contributed by atoms with Gasteiger partial charge in [-0.3, -0.25) is 4.68 Å². The van der Waals surface area contributed by atoms with Gasteiger partial charge in [0.25, 0.3) is 0 Å². The lowest BCUT2D eigenvalue weighted by Gasteiger charge is -2.33. The van der Waals surface area contributed by atoms with Gasteiger partial charge in [-0.05, 0) is 36.9 Å². The molecule has 8 nitrogen and oxygen atoms in total. The van der Waals surface area contributed by atoms with Crippen molar-refractivity contribution in [1.82, 2.24) is 29.6 Å². The summed E-state index contributed by atoms with van der Waals surface area (Å²) in [4.78, 5) is 17.2. The van der Waals surface area contributed by atoms with E-state index in [4.69, 9.17) is 0 Å². The number of likely N-dealkylation sites (N-methyl/N-ethyl adjacent to an activating group) is 1. The monoisotopic (exact) mass is 438 g/mol. The minimum Gasteiger partial charge on any atom is -0.354 e. The molecule has 0 amide bonds. The number of aromatic amines is 1. The van der Waals surface area contributed by atoms with Crippen molar-refractivity contribution in [2.75, 3.05) is 43.4 Å². The molecule has 5 heterocycles. The topological polar surface area (TPSA) is 77.9 Å². The van der Waals surface area contributed by atoms with Crippen LogP contribution in [0.5, 0.6) is 0 Å². The molecule has 0 saturated carbocycles. The molecular weight excluding hydrogens is 412 g/mol. The van der Waals surface area contributed by atoms with Crippen LogP contribution in [0.25, 0.3) is 33.1 Å². The zero-order valence-corrected chi connectivity index (χ0v) is 18.8. The van der Waals surface area contributed by atoms with Crippen LogP contribution in [0.4, 0.5) is 17.2 Å². The van der Waals surface area contributed by atoms with E-state index in [0.717, 1.165) is 76.4 Å². The van der Waals surface area contributed by atoms with Crippen LogP contribution in [0.2, 0.25) is 0 Å². The van der Waals surface area contributed by atoms with Gasteiger partial charge in [-0.2, -0.15) is 5.10 Å². The number of hydrogen-bond acceptors (Lipinski definition) is 6. The van der Waals surface area contributed by atoms with Gasteiger partial charge in [0.2, 0.25) is 0 Å². The summed E-state index contributed by atoms with van der Waals surface area (Å²) in [5.41, 5.74) is 6.09. The van der Waals surface area contributed by atoms with Gasteiger partial charge >= 0.3 is 0 Å². The molecular formula is C25H26N8. The Kier molecular flexibility index (Phi) is 4.73. The smallest absolute Gasteiger partial charge is 0.138 e. The molecule has 4 aromatic heterocycles. The first-order chi connectivity index (χ1) is 16.1. The van der Waals surface area contributed by atoms with Gasteiger partial charge in [-0.1, -0.05) is 6.07 Å². The Hall–Kier alpha value is -3.91. The van der Waals surface area contributed by atoms with Gasteiger partial charge in [-0.25, -0.2) is 9.97 Å². The lowest BCUT2D eigenvalue weighted by molar-refractivity contribution is 0.312. The van der Waals surface area contributed by atoms with Crippen molar-refractivity contribution >= 4 is 39.1 Å². The zero-order valence-electron chi connectivity index (χ0n) is 18.8. The highest BCUT2D eigenvalue weighted by atomic mass is 15.3. The normalized spacial score (nSPS) is 14.9. The van der Waals surface area contributed by atoms with Crippen molar-refractivity contribution in [3.63, 3.8) is 0 Å². The molecule has 5 aromatic rings. The molecule has 0 bridgehead atoms. The molecule has 0 atom stereocenters. The molecule has 0 unspecified atom stereocenters. The lowest BCUT2D eigenvalue weighted by Crippen LogP contribution is -2.44. The van der Waals surface area contributed by atoms with Crippen LogP contribution in [-0.2, 0) is 7.05 Å². The number of fused-ring (bicyclic) bond motifs is 2. The highest BCUT2D eigenvalue weighted by Gasteiger charge is 2.16. The summed E-state index contributed by atoms with van der Waals surface area (Å²) in [5, 5.41) is 10.2. The van der Waals surface area contributed by atoms with Gasteiger partial charge in [0, 0.05) is 79.9 Å². The molecule has 1 fully saturated rings. The molecule has 8 heteroatoms. The largest absolute Gasteiger partial charge is 0.354 e. The number of aryl methyl sites for hydroxylation is 1. The summed E-state index contributed by atoms with van der Waals surface area (Å²) in [6, 6.07) is 12.6. The van der Waals surface area contributed by atoms with Gasteiger partial charge in [0.15, 0.2) is 0 Å². The van der Waals surface area contributed by atoms with Gasteiger partial charge in [-0.15, -0.1) is 0 Å². The summed E-state index contributed by atoms with van der Waals surface area (Å²) in [7, 11) is 4.11. The quantitative estimate of drug-likeness (QED) is 0.442. The number of hydrogen-bond donors (Lipinski definition) is 2. The lowest BCUT2D eigenvalue weighted by atomic mass is 10.0. The standard InChI is InChI=1S/C25H26N8/c1-31-7-9-33(10-8-31)24-13-19(5-6-26-24)29-20-12-21-22(15-28-25(21)27-14-20)17-3-4-23-18(11-17)16-32(2)30-23/h3-6,11-16H,7-10H2,1-2H3,(H,26,29)(H,27,28). The molecule has 1 aliphatic heterocycles. The highest BCUT2D eigenvalue weighted by molar-refractivity contribution is 5.97. The second-order valence-corrected chi connectivity index (χ2v) is 8.72. The van der Waals surface area contributed by atoms with Crippen LogP contribution >= 0.6 is 0 Å². The van der Waals surface area contributed by atoms with Crippen molar-refractivity contribution in [2.24, 2.45) is 7.05 Å². The van der Waals surface area contributed by atoms with Gasteiger partial charge in [0.05, 0.1) is 17.4 Å². The first-order valence-corrected chi connectivity index (χ1v) is 11.2. The SMILES string of the molecule is CN1CCN(c2cc(Nc3cnc4[nH]cc(-c5ccc6nn(C)cc6c5)c4c3)ccn2)CC1. The molecule has 33 heavy (non-hydrogen) atoms. The van der Waals surface area contributed by atoms with Gasteiger partial charge < -0.3 is 20.1 Å². The molecule has 0 radical (unpaired) electrons. The Bertz CT molecular complexity index is 1440. The number of H-pyrrole nitrogens is 1. The number of rotatable bonds is 4. The third-order valence-corrected chi connectivity index (χ3v) is 6.32. The Morgan fingerprint density at radius 3 is 2.70 bits per heavy atom. The number of piperazine rings is 1. The third-order valence-electron chi connectivity index (χ3n) is 6.32. The molecule has 1 aromatic carbocycles. The average molecular weight is 439 g/mol. The first-order valence-electron chi connectivity index (χ1n) is 11.2. The van der Waals surface area contributed by atoms with Crippen LogP contribution in [0.1, 0.15) is 0 Å². The van der Waals surface area contributed by atoms with Crippen molar-refractivity contribution in [2.45, 2.75) is 0 Å². The predicted octanol–water partition coefficient (Wildman–Crippen LogP) is 4.01. The number of pyridine rings is 2. The number of nitrogens with one attached hydrogen (secondary N) is 2. The Morgan fingerprint density at radius 1 is 0.939 bits per heavy atom. The predicted molar refractivity (Wildman–Crippen MR) is 133 cm³/mol. The Balaban J connectivity index is 1.30. The first kappa shape index (κ1) is 19.8. The summed E-state index contributed by atoms with van der Waals surface area (Å²) < 4.78 is 1.85. The van der Waals surface area contributed by atoms with E-state index in [9.17, 15) is 0 Å². The van der Waals surface area contributed by atoms with E-state index in [0.29, 0.717) is 0 Å². The molecule has 2 N–H and O–H groups in total. The summed E-state index contributed by atoms with van der Waals surface area (Å²) in [6.07, 6.45) is 7.80. The average Bonchev–Trinajstić information content (AvgIpc) is 3.41. The zero-order chi connectivity index (χ0) is 22.4. The van der Waals surface area contributed by atoms with E-state index in [1.807, 2.05) is 42.6 Å². The molecule has 1 aliphatic rings. The Labute approximate surface area is 191 Å². The van der Waals surface area contributed by atoms with Crippen molar-refractivity contribution in [3.8, 4) is 11.1 Å². The fourth-order valence-corrected chi connectivity index (χ4v) is 4.50. The maximum atomic E-state index is 4.64. The van der Waals surface area contributed by atoms with Crippen molar-refractivity contribution < 1.29 is 0 Å². The van der Waals surface area contributed by atoms with E-state index in [1.165, 1.54) is 0 Å². The fourth-order valence-electron chi connectivity index (χ4n) is 4.50. The van der Waals surface area contributed by atoms with Crippen molar-refractivity contribution in [1.29, 1.82) is 0 Å². The van der Waals surface area contributed by atoms with E-state index in [1.54, 1.807) is 0 Å². The minimum absolute atomic E-state index is 0.870. The molecule has 1 saturated heterocycles. The maximum Gasteiger partial charge on any atom is 0.138 e. The molecule has 166 valence electrons. The summed E-state index contributed by atoms with van der Waals surface area (Å²) in [5.74, 6) is 1.01. The highest BCUT2D eigenvalue weighted by Crippen LogP contribution is 2.32. The number of benzene rings is 1. The van der Waals surface area contributed by atoms with E-state index < -0.39 is 0 Å². The van der Waals surface area contributed by atoms with E-state index in [2.05, 4.69) is 72.5 Å². The number of anilines is 3. The molecule has 0 aliphatic carbocycles. The van der Waals surface area contributed by atoms with Crippen molar-refractivity contribution in [3.05, 3.63) is 61.2 Å². The Morgan fingerprint density at radius 2 is 1.82 bits per heavy atom. The number of aromatic nitrogens is 5. The summed E-state index contributed by atoms with van der Waals surface area (Å²) in [6.45, 7) is 4.10. The van der Waals surface area contributed by atoms with Crippen LogP contribution < -0.4 is 10.2 Å². The minimum atomic E-state index is 0.870. The summed E-state index contributed by atoms with van der Waals surface area (Å²) >= 11 is 0. The number of nitrogens with zero attached hydrogens (tertiary/aromatic N) is 6. The molecule has 0 spiro atoms.